The van der Waals surface area contributed by atoms with E-state index in [9.17, 15) is 0 Å². The molecular weight excluding hydrogens is 256 g/mol. The van der Waals surface area contributed by atoms with E-state index in [1.54, 1.807) is 7.11 Å². The number of hydrogen-bond donors (Lipinski definition) is 1. The van der Waals surface area contributed by atoms with Gasteiger partial charge in [0.15, 0.2) is 5.76 Å². The summed E-state index contributed by atoms with van der Waals surface area (Å²) in [6.45, 7) is 4.74. The van der Waals surface area contributed by atoms with Crippen molar-refractivity contribution in [2.45, 2.75) is 26.7 Å². The maximum absolute atomic E-state index is 5.66. The number of ether oxygens (including phenoxy) is 2. The Morgan fingerprint density at radius 1 is 1.20 bits per heavy atom. The molecule has 5 nitrogen and oxygen atoms in total. The molecule has 0 aliphatic heterocycles. The second-order valence-electron chi connectivity index (χ2n) is 4.43. The van der Waals surface area contributed by atoms with Gasteiger partial charge in [-0.25, -0.2) is 0 Å². The largest absolute Gasteiger partial charge is 0.487 e. The standard InChI is InChI=1S/C15H20N2O3/c1-3-16-9-12-4-6-14(7-5-12)19-10-13-8-15(11-18-2)20-17-13/h4-8,16H,3,9-11H2,1-2H3. The second-order valence-corrected chi connectivity index (χ2v) is 4.43. The van der Waals surface area contributed by atoms with E-state index < -0.39 is 0 Å². The highest BCUT2D eigenvalue weighted by atomic mass is 16.5. The predicted octanol–water partition coefficient (Wildman–Crippen LogP) is 2.51. The van der Waals surface area contributed by atoms with Crippen LogP contribution >= 0.6 is 0 Å². The lowest BCUT2D eigenvalue weighted by Gasteiger charge is -2.06. The monoisotopic (exact) mass is 276 g/mol. The Balaban J connectivity index is 1.83. The van der Waals surface area contributed by atoms with Crippen molar-refractivity contribution in [1.29, 1.82) is 0 Å². The first kappa shape index (κ1) is 14.6. The van der Waals surface area contributed by atoms with Gasteiger partial charge in [0.2, 0.25) is 0 Å². The molecule has 1 aromatic heterocycles. The van der Waals surface area contributed by atoms with Gasteiger partial charge in [-0.15, -0.1) is 0 Å². The summed E-state index contributed by atoms with van der Waals surface area (Å²) < 4.78 is 15.7. The number of methoxy groups -OCH3 is 1. The minimum Gasteiger partial charge on any atom is -0.487 e. The van der Waals surface area contributed by atoms with Crippen LogP contribution in [0, 0.1) is 0 Å². The van der Waals surface area contributed by atoms with Crippen molar-refractivity contribution in [1.82, 2.24) is 10.5 Å². The third-order valence-corrected chi connectivity index (χ3v) is 2.78. The summed E-state index contributed by atoms with van der Waals surface area (Å²) in [5, 5.41) is 7.20. The third kappa shape index (κ3) is 4.36. The van der Waals surface area contributed by atoms with Gasteiger partial charge in [0, 0.05) is 19.7 Å². The lowest BCUT2D eigenvalue weighted by atomic mass is 10.2. The number of benzene rings is 1. The first-order chi connectivity index (χ1) is 9.81. The molecule has 0 spiro atoms. The maximum atomic E-state index is 5.66. The SMILES string of the molecule is CCNCc1ccc(OCc2cc(COC)on2)cc1. The summed E-state index contributed by atoms with van der Waals surface area (Å²) in [4.78, 5) is 0. The zero-order chi connectivity index (χ0) is 14.2. The average Bonchev–Trinajstić information content (AvgIpc) is 2.92. The molecule has 0 fully saturated rings. The smallest absolute Gasteiger partial charge is 0.162 e. The van der Waals surface area contributed by atoms with Crippen LogP contribution in [0.2, 0.25) is 0 Å². The van der Waals surface area contributed by atoms with Crippen molar-refractivity contribution in [3.05, 3.63) is 47.3 Å². The fourth-order valence-electron chi connectivity index (χ4n) is 1.76. The van der Waals surface area contributed by atoms with Crippen molar-refractivity contribution in [2.75, 3.05) is 13.7 Å². The maximum Gasteiger partial charge on any atom is 0.162 e. The Bertz CT molecular complexity index is 508. The molecule has 0 bridgehead atoms. The fraction of sp³-hybridized carbons (Fsp3) is 0.400. The van der Waals surface area contributed by atoms with Crippen LogP contribution in [0.3, 0.4) is 0 Å². The van der Waals surface area contributed by atoms with E-state index in [0.717, 1.165) is 24.5 Å². The van der Waals surface area contributed by atoms with Gasteiger partial charge in [0.1, 0.15) is 24.7 Å². The number of hydrogen-bond acceptors (Lipinski definition) is 5. The molecule has 0 atom stereocenters. The van der Waals surface area contributed by atoms with E-state index in [2.05, 4.69) is 29.5 Å². The van der Waals surface area contributed by atoms with Crippen molar-refractivity contribution in [3.63, 3.8) is 0 Å². The molecule has 5 heteroatoms. The minimum absolute atomic E-state index is 0.389. The Morgan fingerprint density at radius 3 is 2.70 bits per heavy atom. The van der Waals surface area contributed by atoms with Crippen LogP contribution in [-0.4, -0.2) is 18.8 Å². The summed E-state index contributed by atoms with van der Waals surface area (Å²) in [5.41, 5.74) is 2.00. The molecule has 108 valence electrons. The Labute approximate surface area is 118 Å². The molecular formula is C15H20N2O3. The van der Waals surface area contributed by atoms with Gasteiger partial charge in [-0.2, -0.15) is 0 Å². The first-order valence-electron chi connectivity index (χ1n) is 6.67. The van der Waals surface area contributed by atoms with E-state index in [0.29, 0.717) is 19.0 Å². The highest BCUT2D eigenvalue weighted by Gasteiger charge is 2.04. The van der Waals surface area contributed by atoms with Crippen LogP contribution in [0.5, 0.6) is 5.75 Å². The second kappa shape index (κ2) is 7.67. The Kier molecular flexibility index (Phi) is 5.58. The van der Waals surface area contributed by atoms with Crippen LogP contribution in [-0.2, 0) is 24.5 Å². The molecule has 0 aliphatic rings. The van der Waals surface area contributed by atoms with Gasteiger partial charge >= 0.3 is 0 Å². The molecule has 2 aromatic rings. The molecule has 0 radical (unpaired) electrons. The molecule has 20 heavy (non-hydrogen) atoms. The third-order valence-electron chi connectivity index (χ3n) is 2.78. The van der Waals surface area contributed by atoms with Gasteiger partial charge < -0.3 is 19.3 Å². The fourth-order valence-corrected chi connectivity index (χ4v) is 1.76. The minimum atomic E-state index is 0.389. The van der Waals surface area contributed by atoms with Crippen molar-refractivity contribution in [2.24, 2.45) is 0 Å². The molecule has 0 saturated heterocycles. The number of nitrogens with one attached hydrogen (secondary N) is 1. The quantitative estimate of drug-likeness (QED) is 0.803. The van der Waals surface area contributed by atoms with E-state index in [1.807, 2.05) is 18.2 Å². The van der Waals surface area contributed by atoms with E-state index in [4.69, 9.17) is 14.0 Å². The Morgan fingerprint density at radius 2 is 2.00 bits per heavy atom. The summed E-state index contributed by atoms with van der Waals surface area (Å²) >= 11 is 0. The molecule has 0 saturated carbocycles. The average molecular weight is 276 g/mol. The normalized spacial score (nSPS) is 10.7. The number of nitrogens with zero attached hydrogens (tertiary/aromatic N) is 1. The first-order valence-corrected chi connectivity index (χ1v) is 6.67. The van der Waals surface area contributed by atoms with Crippen LogP contribution in [0.4, 0.5) is 0 Å². The van der Waals surface area contributed by atoms with Crippen LogP contribution in [0.25, 0.3) is 0 Å². The van der Waals surface area contributed by atoms with Gasteiger partial charge in [0.05, 0.1) is 0 Å². The number of rotatable bonds is 8. The molecule has 1 heterocycles. The van der Waals surface area contributed by atoms with Crippen LogP contribution in [0.1, 0.15) is 23.9 Å². The van der Waals surface area contributed by atoms with Crippen molar-refractivity contribution in [3.8, 4) is 5.75 Å². The zero-order valence-electron chi connectivity index (χ0n) is 11.9. The predicted molar refractivity (Wildman–Crippen MR) is 75.4 cm³/mol. The van der Waals surface area contributed by atoms with E-state index in [1.165, 1.54) is 5.56 Å². The van der Waals surface area contributed by atoms with Crippen molar-refractivity contribution < 1.29 is 14.0 Å². The lowest BCUT2D eigenvalue weighted by molar-refractivity contribution is 0.155. The van der Waals surface area contributed by atoms with Gasteiger partial charge in [-0.3, -0.25) is 0 Å². The zero-order valence-corrected chi connectivity index (χ0v) is 11.9. The number of aromatic nitrogens is 1. The summed E-state index contributed by atoms with van der Waals surface area (Å²) in [6.07, 6.45) is 0. The van der Waals surface area contributed by atoms with Gasteiger partial charge in [-0.05, 0) is 24.2 Å². The summed E-state index contributed by atoms with van der Waals surface area (Å²) in [6, 6.07) is 9.86. The van der Waals surface area contributed by atoms with Crippen LogP contribution in [0.15, 0.2) is 34.9 Å². The molecule has 2 rings (SSSR count). The van der Waals surface area contributed by atoms with Gasteiger partial charge in [0.25, 0.3) is 0 Å². The molecule has 1 N–H and O–H groups in total. The summed E-state index contributed by atoms with van der Waals surface area (Å²) in [7, 11) is 1.62. The molecule has 0 amide bonds. The Hall–Kier alpha value is -1.85. The highest BCUT2D eigenvalue weighted by molar-refractivity contribution is 5.27. The van der Waals surface area contributed by atoms with E-state index >= 15 is 0 Å². The van der Waals surface area contributed by atoms with E-state index in [-0.39, 0.29) is 0 Å². The molecule has 0 unspecified atom stereocenters. The molecule has 0 aliphatic carbocycles. The topological polar surface area (TPSA) is 56.5 Å². The summed E-state index contributed by atoms with van der Waals surface area (Å²) in [5.74, 6) is 1.52. The van der Waals surface area contributed by atoms with Crippen molar-refractivity contribution >= 4 is 0 Å². The highest BCUT2D eigenvalue weighted by Crippen LogP contribution is 2.14. The van der Waals surface area contributed by atoms with Gasteiger partial charge in [-0.1, -0.05) is 24.2 Å². The van der Waals surface area contributed by atoms with Crippen LogP contribution < -0.4 is 10.1 Å². The lowest BCUT2D eigenvalue weighted by Crippen LogP contribution is -2.11. The molecule has 1 aromatic carbocycles.